The number of alkyl halides is 3. The number of anilines is 2. The van der Waals surface area contributed by atoms with Gasteiger partial charge in [-0.2, -0.15) is 18.3 Å². The summed E-state index contributed by atoms with van der Waals surface area (Å²) < 4.78 is 46.1. The third-order valence-electron chi connectivity index (χ3n) is 6.30. The van der Waals surface area contributed by atoms with Crippen molar-refractivity contribution >= 4 is 28.6 Å². The van der Waals surface area contributed by atoms with Crippen molar-refractivity contribution in [1.82, 2.24) is 24.7 Å². The van der Waals surface area contributed by atoms with Crippen molar-refractivity contribution in [1.29, 1.82) is 0 Å². The first-order chi connectivity index (χ1) is 15.3. The van der Waals surface area contributed by atoms with Gasteiger partial charge >= 0.3 is 6.18 Å². The van der Waals surface area contributed by atoms with Gasteiger partial charge in [-0.1, -0.05) is 0 Å². The summed E-state index contributed by atoms with van der Waals surface area (Å²) in [5, 5.41) is 4.37. The van der Waals surface area contributed by atoms with E-state index in [9.17, 15) is 18.0 Å². The van der Waals surface area contributed by atoms with E-state index in [1.165, 1.54) is 11.0 Å². The van der Waals surface area contributed by atoms with Gasteiger partial charge in [-0.05, 0) is 12.1 Å². The number of aromatic nitrogens is 5. The molecule has 1 spiro atoms. The molecule has 0 radical (unpaired) electrons. The Kier molecular flexibility index (Phi) is 4.01. The SMILES string of the molecule is O=C1CC2(CN(c3cnc4cnn(C5COC5)c4n3)C2)CN1c1ccnc(C(F)(F)F)c1. The molecule has 0 saturated carbocycles. The molecule has 0 bridgehead atoms. The van der Waals surface area contributed by atoms with Crippen molar-refractivity contribution in [2.45, 2.75) is 18.6 Å². The Balaban J connectivity index is 1.20. The first kappa shape index (κ1) is 19.4. The van der Waals surface area contributed by atoms with Gasteiger partial charge in [0, 0.05) is 43.4 Å². The maximum Gasteiger partial charge on any atom is 0.433 e. The monoisotopic (exact) mass is 445 g/mol. The Morgan fingerprint density at radius 3 is 2.66 bits per heavy atom. The number of nitrogens with zero attached hydrogens (tertiary/aromatic N) is 7. The molecule has 3 aromatic rings. The van der Waals surface area contributed by atoms with Crippen molar-refractivity contribution < 1.29 is 22.7 Å². The maximum atomic E-state index is 13.0. The second kappa shape index (κ2) is 6.61. The summed E-state index contributed by atoms with van der Waals surface area (Å²) in [6, 6.07) is 2.52. The molecule has 0 unspecified atom stereocenters. The van der Waals surface area contributed by atoms with Crippen LogP contribution >= 0.6 is 0 Å². The van der Waals surface area contributed by atoms with Crippen LogP contribution in [0.5, 0.6) is 0 Å². The van der Waals surface area contributed by atoms with Gasteiger partial charge in [-0.25, -0.2) is 14.6 Å². The molecule has 32 heavy (non-hydrogen) atoms. The Morgan fingerprint density at radius 2 is 1.94 bits per heavy atom. The molecular weight excluding hydrogens is 427 g/mol. The van der Waals surface area contributed by atoms with Crippen LogP contribution in [0, 0.1) is 5.41 Å². The van der Waals surface area contributed by atoms with Crippen LogP contribution in [-0.4, -0.2) is 63.5 Å². The van der Waals surface area contributed by atoms with E-state index in [1.54, 1.807) is 12.4 Å². The molecule has 3 aromatic heterocycles. The van der Waals surface area contributed by atoms with Crippen molar-refractivity contribution in [3.05, 3.63) is 36.4 Å². The van der Waals surface area contributed by atoms with E-state index >= 15 is 0 Å². The Morgan fingerprint density at radius 1 is 1.12 bits per heavy atom. The predicted octanol–water partition coefficient (Wildman–Crippen LogP) is 2.05. The summed E-state index contributed by atoms with van der Waals surface area (Å²) >= 11 is 0. The standard InChI is InChI=1S/C20H18F3N7O2/c21-20(22,23)15-3-12(1-2-24-15)29-11-19(4-17(29)31)9-28(10-19)16-6-25-14-5-26-30(18(14)27-16)13-7-32-8-13/h1-3,5-6,13H,4,7-11H2. The zero-order valence-electron chi connectivity index (χ0n) is 16.8. The van der Waals surface area contributed by atoms with Crippen LogP contribution in [0.15, 0.2) is 30.7 Å². The topological polar surface area (TPSA) is 89.3 Å². The van der Waals surface area contributed by atoms with Gasteiger partial charge in [-0.3, -0.25) is 9.78 Å². The minimum atomic E-state index is -4.56. The lowest BCUT2D eigenvalue weighted by Crippen LogP contribution is -2.58. The quantitative estimate of drug-likeness (QED) is 0.610. The average molecular weight is 445 g/mol. The maximum absolute atomic E-state index is 13.0. The van der Waals surface area contributed by atoms with Gasteiger partial charge < -0.3 is 14.5 Å². The van der Waals surface area contributed by atoms with E-state index < -0.39 is 11.9 Å². The number of fused-ring (bicyclic) bond motifs is 1. The summed E-state index contributed by atoms with van der Waals surface area (Å²) in [5.41, 5.74) is 0.294. The summed E-state index contributed by atoms with van der Waals surface area (Å²) in [6.45, 7) is 2.70. The van der Waals surface area contributed by atoms with E-state index in [0.29, 0.717) is 49.8 Å². The van der Waals surface area contributed by atoms with Crippen LogP contribution in [-0.2, 0) is 15.7 Å². The predicted molar refractivity (Wildman–Crippen MR) is 106 cm³/mol. The van der Waals surface area contributed by atoms with Crippen LogP contribution in [0.2, 0.25) is 0 Å². The molecule has 6 heterocycles. The zero-order valence-corrected chi connectivity index (χ0v) is 16.8. The molecule has 0 aliphatic carbocycles. The zero-order chi connectivity index (χ0) is 22.1. The highest BCUT2D eigenvalue weighted by molar-refractivity contribution is 5.97. The molecule has 6 rings (SSSR count). The molecule has 3 aliphatic heterocycles. The van der Waals surface area contributed by atoms with Crippen LogP contribution in [0.4, 0.5) is 24.7 Å². The molecule has 1 amide bonds. The Hall–Kier alpha value is -3.28. The van der Waals surface area contributed by atoms with Crippen LogP contribution in [0.25, 0.3) is 11.2 Å². The van der Waals surface area contributed by atoms with Gasteiger partial charge in [0.2, 0.25) is 5.91 Å². The van der Waals surface area contributed by atoms with Gasteiger partial charge in [0.15, 0.2) is 5.65 Å². The molecule has 3 aliphatic rings. The van der Waals surface area contributed by atoms with Crippen LogP contribution in [0.3, 0.4) is 0 Å². The van der Waals surface area contributed by atoms with Crippen molar-refractivity contribution in [2.75, 3.05) is 42.6 Å². The highest BCUT2D eigenvalue weighted by Gasteiger charge is 2.52. The fourth-order valence-electron chi connectivity index (χ4n) is 4.61. The van der Waals surface area contributed by atoms with Crippen molar-refractivity contribution in [3.8, 4) is 0 Å². The number of halogens is 3. The fraction of sp³-hybridized carbons (Fsp3) is 0.450. The molecule has 3 fully saturated rings. The third-order valence-corrected chi connectivity index (χ3v) is 6.30. The van der Waals surface area contributed by atoms with Gasteiger partial charge in [0.05, 0.1) is 25.6 Å². The fourth-order valence-corrected chi connectivity index (χ4v) is 4.61. The summed E-state index contributed by atoms with van der Waals surface area (Å²) in [6.07, 6.45) is 0.176. The lowest BCUT2D eigenvalue weighted by Gasteiger charge is -2.48. The highest BCUT2D eigenvalue weighted by atomic mass is 19.4. The van der Waals surface area contributed by atoms with Crippen LogP contribution in [0.1, 0.15) is 18.2 Å². The molecular formula is C20H18F3N7O2. The van der Waals surface area contributed by atoms with Crippen molar-refractivity contribution in [3.63, 3.8) is 0 Å². The van der Waals surface area contributed by atoms with E-state index in [0.717, 1.165) is 12.3 Å². The van der Waals surface area contributed by atoms with Gasteiger partial charge in [0.1, 0.15) is 23.1 Å². The van der Waals surface area contributed by atoms with E-state index in [-0.39, 0.29) is 29.5 Å². The number of rotatable bonds is 3. The van der Waals surface area contributed by atoms with Crippen molar-refractivity contribution in [2.24, 2.45) is 5.41 Å². The molecule has 12 heteroatoms. The molecule has 166 valence electrons. The van der Waals surface area contributed by atoms with E-state index in [4.69, 9.17) is 9.72 Å². The minimum Gasteiger partial charge on any atom is -0.377 e. The molecule has 0 atom stereocenters. The second-order valence-corrected chi connectivity index (χ2v) is 8.63. The molecule has 0 aromatic carbocycles. The largest absolute Gasteiger partial charge is 0.433 e. The molecule has 9 nitrogen and oxygen atoms in total. The number of hydrogen-bond donors (Lipinski definition) is 0. The lowest BCUT2D eigenvalue weighted by atomic mass is 9.79. The summed E-state index contributed by atoms with van der Waals surface area (Å²) in [7, 11) is 0. The Bertz CT molecular complexity index is 1220. The number of carbonyl (C=O) groups is 1. The first-order valence-corrected chi connectivity index (χ1v) is 10.2. The van der Waals surface area contributed by atoms with E-state index in [2.05, 4.69) is 15.1 Å². The summed E-state index contributed by atoms with van der Waals surface area (Å²) in [4.78, 5) is 28.7. The number of pyridine rings is 1. The number of ether oxygens (including phenoxy) is 1. The third kappa shape index (κ3) is 3.00. The number of hydrogen-bond acceptors (Lipinski definition) is 7. The molecule has 0 N–H and O–H groups in total. The van der Waals surface area contributed by atoms with E-state index in [1.807, 2.05) is 9.58 Å². The highest BCUT2D eigenvalue weighted by Crippen LogP contribution is 2.44. The lowest BCUT2D eigenvalue weighted by molar-refractivity contribution is -0.141. The van der Waals surface area contributed by atoms with Crippen LogP contribution < -0.4 is 9.80 Å². The second-order valence-electron chi connectivity index (χ2n) is 8.63. The normalized spacial score (nSPS) is 20.8. The first-order valence-electron chi connectivity index (χ1n) is 10.2. The average Bonchev–Trinajstić information content (AvgIpc) is 3.26. The summed E-state index contributed by atoms with van der Waals surface area (Å²) in [5.74, 6) is 0.507. The van der Waals surface area contributed by atoms with Gasteiger partial charge in [-0.15, -0.1) is 0 Å². The number of carbonyl (C=O) groups excluding carboxylic acids is 1. The number of amides is 1. The minimum absolute atomic E-state index is 0.155. The Labute approximate surface area is 179 Å². The molecule has 3 saturated heterocycles. The smallest absolute Gasteiger partial charge is 0.377 e. The van der Waals surface area contributed by atoms with Gasteiger partial charge in [0.25, 0.3) is 0 Å².